The lowest BCUT2D eigenvalue weighted by Crippen LogP contribution is -2.22. The average Bonchev–Trinajstić information content (AvgIpc) is 3.45. The van der Waals surface area contributed by atoms with Crippen LogP contribution in [0.5, 0.6) is 0 Å². The molecule has 1 fully saturated rings. The van der Waals surface area contributed by atoms with Crippen LogP contribution >= 0.6 is 0 Å². The molecular formula is C18H22N6O. The number of rotatable bonds is 8. The fourth-order valence-electron chi connectivity index (χ4n) is 2.08. The number of pyridine rings is 1. The number of hydrogen-bond acceptors (Lipinski definition) is 6. The van der Waals surface area contributed by atoms with Crippen LogP contribution in [0.15, 0.2) is 47.6 Å². The first-order valence-electron chi connectivity index (χ1n) is 7.95. The van der Waals surface area contributed by atoms with E-state index >= 15 is 0 Å². The predicted molar refractivity (Wildman–Crippen MR) is 101 cm³/mol. The van der Waals surface area contributed by atoms with Crippen LogP contribution in [0.3, 0.4) is 0 Å². The number of hydrogen-bond donors (Lipinski definition) is 4. The molecule has 0 unspecified atom stereocenters. The number of nitrogens with zero attached hydrogens (tertiary/aromatic N) is 2. The van der Waals surface area contributed by atoms with Crippen molar-refractivity contribution < 1.29 is 4.79 Å². The van der Waals surface area contributed by atoms with Crippen LogP contribution in [0.25, 0.3) is 11.6 Å². The molecule has 7 heteroatoms. The summed E-state index contributed by atoms with van der Waals surface area (Å²) in [7, 11) is 0. The van der Waals surface area contributed by atoms with Gasteiger partial charge in [0.1, 0.15) is 0 Å². The van der Waals surface area contributed by atoms with Crippen molar-refractivity contribution in [3.05, 3.63) is 53.8 Å². The first-order chi connectivity index (χ1) is 12.2. The number of nitrogens with one attached hydrogen (secondary N) is 2. The zero-order valence-corrected chi connectivity index (χ0v) is 13.9. The van der Waals surface area contributed by atoms with Crippen molar-refractivity contribution in [3.63, 3.8) is 0 Å². The Morgan fingerprint density at radius 2 is 2.20 bits per heavy atom. The Labute approximate surface area is 146 Å². The molecule has 0 bridgehead atoms. The number of carbonyl (C=O) groups excluding carboxylic acids is 1. The highest BCUT2D eigenvalue weighted by atomic mass is 16.1. The number of allylic oxidation sites excluding steroid dienone is 2. The number of nitrogens with two attached hydrogens (primary N) is 2. The highest BCUT2D eigenvalue weighted by molar-refractivity contribution is 6.09. The summed E-state index contributed by atoms with van der Waals surface area (Å²) >= 11 is 0. The fourth-order valence-corrected chi connectivity index (χ4v) is 2.08. The minimum atomic E-state index is -0.336. The Morgan fingerprint density at radius 3 is 2.84 bits per heavy atom. The lowest BCUT2D eigenvalue weighted by atomic mass is 10.0. The summed E-state index contributed by atoms with van der Waals surface area (Å²) in [6.07, 6.45) is 14.0. The molecule has 25 heavy (non-hydrogen) atoms. The van der Waals surface area contributed by atoms with Crippen LogP contribution < -0.4 is 16.8 Å². The maximum absolute atomic E-state index is 12.1. The van der Waals surface area contributed by atoms with Gasteiger partial charge >= 0.3 is 0 Å². The average molecular weight is 338 g/mol. The van der Waals surface area contributed by atoms with Gasteiger partial charge in [-0.05, 0) is 36.5 Å². The largest absolute Gasteiger partial charge is 0.404 e. The lowest BCUT2D eigenvalue weighted by Gasteiger charge is -2.05. The van der Waals surface area contributed by atoms with E-state index in [1.165, 1.54) is 31.3 Å². The molecule has 1 aromatic heterocycles. The monoisotopic (exact) mass is 338 g/mol. The van der Waals surface area contributed by atoms with Gasteiger partial charge in [-0.25, -0.2) is 0 Å². The van der Waals surface area contributed by atoms with Gasteiger partial charge in [0.05, 0.1) is 5.70 Å². The summed E-state index contributed by atoms with van der Waals surface area (Å²) in [5.41, 5.74) is 13.4. The molecule has 2 rings (SSSR count). The van der Waals surface area contributed by atoms with Gasteiger partial charge in [-0.15, -0.1) is 0 Å². The van der Waals surface area contributed by atoms with Crippen LogP contribution in [0.4, 0.5) is 0 Å². The van der Waals surface area contributed by atoms with E-state index in [9.17, 15) is 4.79 Å². The number of aromatic nitrogens is 1. The van der Waals surface area contributed by atoms with E-state index in [1.807, 2.05) is 0 Å². The second kappa shape index (κ2) is 9.17. The molecule has 6 N–H and O–H groups in total. The SMILES string of the molecule is N=CC(=CN)c1ccncc1/C=C/C(=O)NC(C=NCC1CC1)=CN. The van der Waals surface area contributed by atoms with E-state index in [4.69, 9.17) is 16.9 Å². The molecule has 1 aliphatic carbocycles. The topological polar surface area (TPSA) is 130 Å². The molecule has 7 nitrogen and oxygen atoms in total. The fraction of sp³-hybridized carbons (Fsp3) is 0.222. The van der Waals surface area contributed by atoms with Crippen LogP contribution in [-0.4, -0.2) is 29.9 Å². The van der Waals surface area contributed by atoms with E-state index in [2.05, 4.69) is 15.3 Å². The smallest absolute Gasteiger partial charge is 0.248 e. The highest BCUT2D eigenvalue weighted by Crippen LogP contribution is 2.28. The zero-order chi connectivity index (χ0) is 18.1. The van der Waals surface area contributed by atoms with E-state index in [0.29, 0.717) is 22.8 Å². The minimum absolute atomic E-state index is 0.336. The van der Waals surface area contributed by atoms with Crippen LogP contribution in [-0.2, 0) is 4.79 Å². The summed E-state index contributed by atoms with van der Waals surface area (Å²) in [5.74, 6) is 0.339. The van der Waals surface area contributed by atoms with Crippen molar-refractivity contribution in [2.24, 2.45) is 22.4 Å². The molecule has 1 amide bonds. The molecule has 1 aromatic rings. The zero-order valence-electron chi connectivity index (χ0n) is 13.9. The van der Waals surface area contributed by atoms with Gasteiger partial charge in [0.2, 0.25) is 5.91 Å². The molecule has 0 atom stereocenters. The van der Waals surface area contributed by atoms with Crippen molar-refractivity contribution >= 4 is 30.0 Å². The van der Waals surface area contributed by atoms with E-state index in [0.717, 1.165) is 18.3 Å². The van der Waals surface area contributed by atoms with Crippen LogP contribution in [0.1, 0.15) is 24.0 Å². The maximum Gasteiger partial charge on any atom is 0.248 e. The summed E-state index contributed by atoms with van der Waals surface area (Å²) in [5, 5.41) is 10.1. The second-order valence-electron chi connectivity index (χ2n) is 5.61. The quantitative estimate of drug-likeness (QED) is 0.422. The minimum Gasteiger partial charge on any atom is -0.404 e. The third kappa shape index (κ3) is 5.72. The molecule has 1 saturated carbocycles. The Morgan fingerprint density at radius 1 is 1.40 bits per heavy atom. The van der Waals surface area contributed by atoms with Gasteiger partial charge in [0.25, 0.3) is 0 Å². The predicted octanol–water partition coefficient (Wildman–Crippen LogP) is 1.44. The van der Waals surface area contributed by atoms with E-state index in [-0.39, 0.29) is 5.91 Å². The first-order valence-corrected chi connectivity index (χ1v) is 7.95. The van der Waals surface area contributed by atoms with Gasteiger partial charge < -0.3 is 22.2 Å². The van der Waals surface area contributed by atoms with Gasteiger partial charge in [-0.3, -0.25) is 14.8 Å². The Hall–Kier alpha value is -3.22. The van der Waals surface area contributed by atoms with Crippen molar-refractivity contribution in [3.8, 4) is 0 Å². The molecule has 0 radical (unpaired) electrons. The molecule has 1 heterocycles. The third-order valence-corrected chi connectivity index (χ3v) is 3.65. The highest BCUT2D eigenvalue weighted by Gasteiger charge is 2.19. The molecule has 1 aliphatic rings. The summed E-state index contributed by atoms with van der Waals surface area (Å²) in [6.45, 7) is 0.764. The molecule has 0 spiro atoms. The van der Waals surface area contributed by atoms with Gasteiger partial charge in [0.15, 0.2) is 0 Å². The number of carbonyl (C=O) groups is 1. The first kappa shape index (κ1) is 18.1. The van der Waals surface area contributed by atoms with Gasteiger partial charge in [0, 0.05) is 61.0 Å². The van der Waals surface area contributed by atoms with Crippen molar-refractivity contribution in [1.29, 1.82) is 5.41 Å². The van der Waals surface area contributed by atoms with Crippen molar-refractivity contribution in [2.75, 3.05) is 6.54 Å². The Balaban J connectivity index is 2.02. The Bertz CT molecular complexity index is 744. The molecule has 0 aliphatic heterocycles. The third-order valence-electron chi connectivity index (χ3n) is 3.65. The lowest BCUT2D eigenvalue weighted by molar-refractivity contribution is -0.115. The van der Waals surface area contributed by atoms with Crippen molar-refractivity contribution in [1.82, 2.24) is 10.3 Å². The molecule has 0 saturated heterocycles. The van der Waals surface area contributed by atoms with E-state index < -0.39 is 0 Å². The van der Waals surface area contributed by atoms with Crippen LogP contribution in [0, 0.1) is 11.3 Å². The summed E-state index contributed by atoms with van der Waals surface area (Å²) in [4.78, 5) is 20.4. The van der Waals surface area contributed by atoms with Crippen molar-refractivity contribution in [2.45, 2.75) is 12.8 Å². The second-order valence-corrected chi connectivity index (χ2v) is 5.61. The maximum atomic E-state index is 12.1. The number of amides is 1. The van der Waals surface area contributed by atoms with E-state index in [1.54, 1.807) is 30.8 Å². The molecule has 130 valence electrons. The van der Waals surface area contributed by atoms with Gasteiger partial charge in [-0.2, -0.15) is 0 Å². The normalized spacial score (nSPS) is 15.7. The van der Waals surface area contributed by atoms with Crippen LogP contribution in [0.2, 0.25) is 0 Å². The summed E-state index contributed by atoms with van der Waals surface area (Å²) < 4.78 is 0. The molecule has 0 aromatic carbocycles. The summed E-state index contributed by atoms with van der Waals surface area (Å²) in [6, 6.07) is 1.73. The number of aliphatic imine (C=N–C) groups is 1. The standard InChI is InChI=1S/C18H22N6O/c19-7-15(8-20)17-5-6-22-11-14(17)3-4-18(25)24-16(9-21)12-23-10-13-1-2-13/h3-9,11-13,19H,1-2,10,20-21H2,(H,24,25)/b4-3+,15-8?,16-9?,19-7?,23-12?. The molecular weight excluding hydrogens is 316 g/mol. The Kier molecular flexibility index (Phi) is 6.65. The van der Waals surface area contributed by atoms with Gasteiger partial charge in [-0.1, -0.05) is 0 Å².